The van der Waals surface area contributed by atoms with Crippen molar-refractivity contribution in [1.82, 2.24) is 10.3 Å². The minimum Gasteiger partial charge on any atom is -0.378 e. The number of pyridine rings is 1. The molecule has 0 bridgehead atoms. The van der Waals surface area contributed by atoms with Crippen LogP contribution >= 0.6 is 0 Å². The average molecular weight is 302 g/mol. The van der Waals surface area contributed by atoms with Crippen LogP contribution in [0.15, 0.2) is 18.5 Å². The normalized spacial score (nSPS) is 24.2. The predicted octanol–water partition coefficient (Wildman–Crippen LogP) is 3.57. The smallest absolute Gasteiger partial charge is 0.378 e. The fourth-order valence-electron chi connectivity index (χ4n) is 2.89. The van der Waals surface area contributed by atoms with E-state index in [1.807, 2.05) is 13.8 Å². The van der Waals surface area contributed by atoms with E-state index in [-0.39, 0.29) is 23.6 Å². The molecule has 0 saturated carbocycles. The van der Waals surface area contributed by atoms with E-state index < -0.39 is 11.7 Å². The highest BCUT2D eigenvalue weighted by molar-refractivity contribution is 5.30. The number of nitrogens with zero attached hydrogens (tertiary/aromatic N) is 1. The summed E-state index contributed by atoms with van der Waals surface area (Å²) in [6.45, 7) is 5.17. The minimum atomic E-state index is -4.37. The van der Waals surface area contributed by atoms with Crippen molar-refractivity contribution in [2.45, 2.75) is 45.0 Å². The number of hydrogen-bond donors (Lipinski definition) is 1. The molecule has 0 spiro atoms. The van der Waals surface area contributed by atoms with Crippen LogP contribution in [0.3, 0.4) is 0 Å². The lowest BCUT2D eigenvalue weighted by Gasteiger charge is -2.29. The number of halogens is 3. The zero-order chi connectivity index (χ0) is 15.5. The van der Waals surface area contributed by atoms with Crippen LogP contribution in [0.1, 0.15) is 43.9 Å². The first kappa shape index (κ1) is 16.2. The van der Waals surface area contributed by atoms with Gasteiger partial charge in [0, 0.05) is 31.0 Å². The molecule has 3 atom stereocenters. The third kappa shape index (κ3) is 3.74. The van der Waals surface area contributed by atoms with E-state index in [1.165, 1.54) is 12.4 Å². The molecule has 0 amide bonds. The summed E-state index contributed by atoms with van der Waals surface area (Å²) in [4.78, 5) is 3.90. The van der Waals surface area contributed by atoms with Crippen LogP contribution in [0.4, 0.5) is 13.2 Å². The Kier molecular flexibility index (Phi) is 5.22. The van der Waals surface area contributed by atoms with E-state index in [4.69, 9.17) is 4.74 Å². The Hall–Kier alpha value is -1.14. The molecule has 1 N–H and O–H groups in total. The van der Waals surface area contributed by atoms with Gasteiger partial charge in [-0.05, 0) is 37.9 Å². The zero-order valence-electron chi connectivity index (χ0n) is 12.3. The molecule has 1 saturated heterocycles. The molecule has 3 nitrogen and oxygen atoms in total. The Morgan fingerprint density at radius 1 is 1.48 bits per heavy atom. The summed E-state index contributed by atoms with van der Waals surface area (Å²) in [6, 6.07) is 0.670. The van der Waals surface area contributed by atoms with Gasteiger partial charge in [-0.15, -0.1) is 0 Å². The Labute approximate surface area is 122 Å². The molecule has 1 aromatic rings. The highest BCUT2D eigenvalue weighted by atomic mass is 19.4. The van der Waals surface area contributed by atoms with Gasteiger partial charge in [-0.3, -0.25) is 4.98 Å². The summed E-state index contributed by atoms with van der Waals surface area (Å²) in [6.07, 6.45) is -0.276. The number of ether oxygens (including phenoxy) is 1. The molecule has 1 aromatic heterocycles. The highest BCUT2D eigenvalue weighted by Gasteiger charge is 2.39. The van der Waals surface area contributed by atoms with Gasteiger partial charge in [-0.2, -0.15) is 13.2 Å². The van der Waals surface area contributed by atoms with E-state index in [2.05, 4.69) is 10.3 Å². The molecular formula is C15H21F3N2O. The van der Waals surface area contributed by atoms with Crippen molar-refractivity contribution in [1.29, 1.82) is 0 Å². The maximum atomic E-state index is 13.2. The predicted molar refractivity (Wildman–Crippen MR) is 73.8 cm³/mol. The molecule has 21 heavy (non-hydrogen) atoms. The second kappa shape index (κ2) is 6.75. The van der Waals surface area contributed by atoms with Gasteiger partial charge in [-0.1, -0.05) is 6.92 Å². The van der Waals surface area contributed by atoms with E-state index >= 15 is 0 Å². The van der Waals surface area contributed by atoms with Crippen molar-refractivity contribution in [2.24, 2.45) is 5.92 Å². The lowest BCUT2D eigenvalue weighted by atomic mass is 9.86. The summed E-state index contributed by atoms with van der Waals surface area (Å²) in [5.74, 6) is 0.0295. The van der Waals surface area contributed by atoms with Crippen LogP contribution in [-0.4, -0.2) is 24.2 Å². The quantitative estimate of drug-likeness (QED) is 0.903. The molecule has 0 aromatic carbocycles. The molecule has 6 heteroatoms. The van der Waals surface area contributed by atoms with Gasteiger partial charge in [0.1, 0.15) is 0 Å². The standard InChI is InChI=1S/C15H21F3N2O/c1-3-6-20-14(11-5-8-21-10(11)2)12-9-19-7-4-13(12)15(16,17)18/h4,7,9-11,14,20H,3,5-6,8H2,1-2H3. The van der Waals surface area contributed by atoms with Gasteiger partial charge in [0.25, 0.3) is 0 Å². The number of hydrogen-bond acceptors (Lipinski definition) is 3. The Morgan fingerprint density at radius 3 is 2.81 bits per heavy atom. The van der Waals surface area contributed by atoms with E-state index in [9.17, 15) is 13.2 Å². The Morgan fingerprint density at radius 2 is 2.24 bits per heavy atom. The van der Waals surface area contributed by atoms with Crippen LogP contribution in [0.5, 0.6) is 0 Å². The number of rotatable bonds is 5. The first-order chi connectivity index (χ1) is 9.95. The van der Waals surface area contributed by atoms with Gasteiger partial charge >= 0.3 is 6.18 Å². The monoisotopic (exact) mass is 302 g/mol. The first-order valence-corrected chi connectivity index (χ1v) is 7.31. The van der Waals surface area contributed by atoms with Gasteiger partial charge in [0.15, 0.2) is 0 Å². The highest BCUT2D eigenvalue weighted by Crippen LogP contribution is 2.39. The molecular weight excluding hydrogens is 281 g/mol. The van der Waals surface area contributed by atoms with Crippen molar-refractivity contribution in [3.05, 3.63) is 29.6 Å². The molecule has 2 heterocycles. The third-order valence-corrected chi connectivity index (χ3v) is 3.97. The summed E-state index contributed by atoms with van der Waals surface area (Å²) >= 11 is 0. The molecule has 1 aliphatic heterocycles. The van der Waals surface area contributed by atoms with E-state index in [1.54, 1.807) is 0 Å². The molecule has 118 valence electrons. The van der Waals surface area contributed by atoms with E-state index in [0.717, 1.165) is 18.9 Å². The van der Waals surface area contributed by atoms with Gasteiger partial charge in [0.2, 0.25) is 0 Å². The summed E-state index contributed by atoms with van der Waals surface area (Å²) in [5.41, 5.74) is -0.383. The van der Waals surface area contributed by atoms with Crippen molar-refractivity contribution in [2.75, 3.05) is 13.2 Å². The van der Waals surface area contributed by atoms with Crippen LogP contribution < -0.4 is 5.32 Å². The topological polar surface area (TPSA) is 34.2 Å². The SMILES string of the molecule is CCCNC(c1cnccc1C(F)(F)F)C1CCOC1C. The van der Waals surface area contributed by atoms with Gasteiger partial charge < -0.3 is 10.1 Å². The fourth-order valence-corrected chi connectivity index (χ4v) is 2.89. The second-order valence-electron chi connectivity index (χ2n) is 5.42. The average Bonchev–Trinajstić information content (AvgIpc) is 2.85. The summed E-state index contributed by atoms with van der Waals surface area (Å²) in [5, 5.41) is 3.25. The molecule has 1 fully saturated rings. The Bertz CT molecular complexity index is 464. The lowest BCUT2D eigenvalue weighted by molar-refractivity contribution is -0.138. The molecule has 2 rings (SSSR count). The van der Waals surface area contributed by atoms with Crippen molar-refractivity contribution < 1.29 is 17.9 Å². The maximum absolute atomic E-state index is 13.2. The van der Waals surface area contributed by atoms with Crippen molar-refractivity contribution in [3.63, 3.8) is 0 Å². The maximum Gasteiger partial charge on any atom is 0.416 e. The molecule has 3 unspecified atom stereocenters. The Balaban J connectivity index is 2.36. The first-order valence-electron chi connectivity index (χ1n) is 7.31. The van der Waals surface area contributed by atoms with Crippen LogP contribution in [-0.2, 0) is 10.9 Å². The summed E-state index contributed by atoms with van der Waals surface area (Å²) < 4.78 is 45.2. The molecule has 0 aliphatic carbocycles. The molecule has 1 aliphatic rings. The largest absolute Gasteiger partial charge is 0.416 e. The zero-order valence-corrected chi connectivity index (χ0v) is 12.3. The van der Waals surface area contributed by atoms with Crippen LogP contribution in [0, 0.1) is 5.92 Å². The minimum absolute atomic E-state index is 0.0295. The number of aromatic nitrogens is 1. The summed E-state index contributed by atoms with van der Waals surface area (Å²) in [7, 11) is 0. The van der Waals surface area contributed by atoms with Crippen molar-refractivity contribution in [3.8, 4) is 0 Å². The van der Waals surface area contributed by atoms with Crippen LogP contribution in [0.2, 0.25) is 0 Å². The lowest BCUT2D eigenvalue weighted by Crippen LogP contribution is -2.34. The molecule has 0 radical (unpaired) electrons. The third-order valence-electron chi connectivity index (χ3n) is 3.97. The van der Waals surface area contributed by atoms with Gasteiger partial charge in [0.05, 0.1) is 11.7 Å². The number of nitrogens with one attached hydrogen (secondary N) is 1. The number of alkyl halides is 3. The second-order valence-corrected chi connectivity index (χ2v) is 5.42. The van der Waals surface area contributed by atoms with Crippen LogP contribution in [0.25, 0.3) is 0 Å². The van der Waals surface area contributed by atoms with Gasteiger partial charge in [-0.25, -0.2) is 0 Å². The fraction of sp³-hybridized carbons (Fsp3) is 0.667. The van der Waals surface area contributed by atoms with E-state index in [0.29, 0.717) is 13.2 Å². The van der Waals surface area contributed by atoms with Crippen molar-refractivity contribution >= 4 is 0 Å².